The van der Waals surface area contributed by atoms with Gasteiger partial charge < -0.3 is 9.22 Å². The molecule has 0 atom stereocenters. The van der Waals surface area contributed by atoms with Crippen molar-refractivity contribution in [1.29, 1.82) is 0 Å². The van der Waals surface area contributed by atoms with Crippen molar-refractivity contribution in [2.45, 2.75) is 17.7 Å². The number of sulfonamides is 1. The second-order valence-electron chi connectivity index (χ2n) is 10.0. The van der Waals surface area contributed by atoms with Gasteiger partial charge in [-0.15, -0.1) is 0 Å². The average molecular weight is 532 g/mol. The highest BCUT2D eigenvalue weighted by molar-refractivity contribution is 7.89. The number of ketones is 1. The maximum Gasteiger partial charge on any atom is 0.241 e. The van der Waals surface area contributed by atoms with E-state index in [1.54, 1.807) is 24.3 Å². The Morgan fingerprint density at radius 3 is 2.16 bits per heavy atom. The van der Waals surface area contributed by atoms with Gasteiger partial charge in [-0.25, -0.2) is 13.1 Å². The van der Waals surface area contributed by atoms with Crippen molar-refractivity contribution >= 4 is 26.6 Å². The number of quaternary nitrogens is 1. The van der Waals surface area contributed by atoms with Gasteiger partial charge in [-0.1, -0.05) is 66.7 Å². The topological polar surface area (TPSA) is 72.5 Å². The summed E-state index contributed by atoms with van der Waals surface area (Å²) in [4.78, 5) is 12.9. The van der Waals surface area contributed by atoms with Crippen LogP contribution in [0, 0.1) is 0 Å². The lowest BCUT2D eigenvalue weighted by molar-refractivity contribution is -0.890. The molecule has 0 spiro atoms. The third-order valence-electron chi connectivity index (χ3n) is 6.60. The van der Waals surface area contributed by atoms with Gasteiger partial charge in [-0.05, 0) is 35.7 Å². The molecule has 0 saturated heterocycles. The van der Waals surface area contributed by atoms with Gasteiger partial charge in [0.15, 0.2) is 5.78 Å². The molecule has 0 aliphatic carbocycles. The lowest BCUT2D eigenvalue weighted by Crippen LogP contribution is -2.43. The number of rotatable bonds is 13. The van der Waals surface area contributed by atoms with E-state index < -0.39 is 10.0 Å². The lowest BCUT2D eigenvalue weighted by Gasteiger charge is -2.30. The highest BCUT2D eigenvalue weighted by atomic mass is 32.2. The van der Waals surface area contributed by atoms with Crippen molar-refractivity contribution in [3.63, 3.8) is 0 Å². The van der Waals surface area contributed by atoms with Gasteiger partial charge in [0.05, 0.1) is 38.7 Å². The Hall–Kier alpha value is -3.52. The molecule has 0 fully saturated rings. The van der Waals surface area contributed by atoms with Crippen LogP contribution in [0.4, 0.5) is 0 Å². The standard InChI is InChI=1S/C31H35N2O4S/c1-33(2,22-9-21-32-38(35,36)30-16-8-14-25-11-6-7-15-29(25)30)23-10-24-37-28-19-17-27(18-20-28)31(34)26-12-4-3-5-13-26/h3-8,11-20,32H,9-10,21-24H2,1-2H3/q+1. The molecule has 198 valence electrons. The predicted octanol–water partition coefficient (Wildman–Crippen LogP) is 5.28. The monoisotopic (exact) mass is 531 g/mol. The molecule has 0 heterocycles. The first kappa shape index (κ1) is 27.5. The maximum atomic E-state index is 12.9. The van der Waals surface area contributed by atoms with E-state index in [4.69, 9.17) is 4.74 Å². The molecule has 38 heavy (non-hydrogen) atoms. The number of ether oxygens (including phenoxy) is 1. The van der Waals surface area contributed by atoms with Crippen LogP contribution in [0.15, 0.2) is 102 Å². The number of benzene rings is 4. The highest BCUT2D eigenvalue weighted by Crippen LogP contribution is 2.22. The minimum atomic E-state index is -3.58. The van der Waals surface area contributed by atoms with E-state index in [0.29, 0.717) is 29.2 Å². The first-order chi connectivity index (χ1) is 18.3. The van der Waals surface area contributed by atoms with Crippen LogP contribution in [0.2, 0.25) is 0 Å². The molecule has 4 rings (SSSR count). The second kappa shape index (κ2) is 12.3. The SMILES string of the molecule is C[N+](C)(CCCNS(=O)(=O)c1cccc2ccccc12)CCCOc1ccc(C(=O)c2ccccc2)cc1. The fraction of sp³-hybridized carbons (Fsp3) is 0.258. The Kier molecular flexibility index (Phi) is 8.94. The van der Waals surface area contributed by atoms with Gasteiger partial charge in [-0.2, -0.15) is 0 Å². The molecule has 0 aromatic heterocycles. The highest BCUT2D eigenvalue weighted by Gasteiger charge is 2.19. The Morgan fingerprint density at radius 2 is 1.39 bits per heavy atom. The van der Waals surface area contributed by atoms with Crippen LogP contribution in [0.3, 0.4) is 0 Å². The zero-order valence-corrected chi connectivity index (χ0v) is 22.8. The Morgan fingerprint density at radius 1 is 0.763 bits per heavy atom. The number of carbonyl (C=O) groups is 1. The molecule has 4 aromatic rings. The van der Waals surface area contributed by atoms with Crippen LogP contribution < -0.4 is 9.46 Å². The minimum absolute atomic E-state index is 0.00407. The molecule has 0 saturated carbocycles. The van der Waals surface area contributed by atoms with E-state index in [0.717, 1.165) is 46.9 Å². The summed E-state index contributed by atoms with van der Waals surface area (Å²) < 4.78 is 35.2. The minimum Gasteiger partial charge on any atom is -0.493 e. The van der Waals surface area contributed by atoms with E-state index in [2.05, 4.69) is 18.8 Å². The Bertz CT molecular complexity index is 1460. The third-order valence-corrected chi connectivity index (χ3v) is 8.12. The number of hydrogen-bond donors (Lipinski definition) is 1. The van der Waals surface area contributed by atoms with E-state index in [-0.39, 0.29) is 5.78 Å². The van der Waals surface area contributed by atoms with Gasteiger partial charge in [0.25, 0.3) is 0 Å². The normalized spacial score (nSPS) is 11.9. The van der Waals surface area contributed by atoms with Crippen LogP contribution in [0.25, 0.3) is 10.8 Å². The van der Waals surface area contributed by atoms with Crippen molar-refractivity contribution in [3.8, 4) is 5.75 Å². The summed E-state index contributed by atoms with van der Waals surface area (Å²) in [5, 5.41) is 1.64. The molecule has 1 N–H and O–H groups in total. The number of nitrogens with one attached hydrogen (secondary N) is 1. The van der Waals surface area contributed by atoms with Gasteiger partial charge in [0, 0.05) is 35.9 Å². The van der Waals surface area contributed by atoms with Crippen molar-refractivity contribution in [1.82, 2.24) is 4.72 Å². The van der Waals surface area contributed by atoms with E-state index in [9.17, 15) is 13.2 Å². The lowest BCUT2D eigenvalue weighted by atomic mass is 10.0. The first-order valence-electron chi connectivity index (χ1n) is 12.9. The number of nitrogens with zero attached hydrogens (tertiary/aromatic N) is 1. The van der Waals surface area contributed by atoms with Gasteiger partial charge in [0.2, 0.25) is 10.0 Å². The van der Waals surface area contributed by atoms with Crippen molar-refractivity contribution < 1.29 is 22.4 Å². The zero-order chi connectivity index (χ0) is 27.0. The van der Waals surface area contributed by atoms with Gasteiger partial charge >= 0.3 is 0 Å². The molecule has 0 amide bonds. The molecular weight excluding hydrogens is 496 g/mol. The van der Waals surface area contributed by atoms with Crippen LogP contribution in [-0.2, 0) is 10.0 Å². The summed E-state index contributed by atoms with van der Waals surface area (Å²) in [5.41, 5.74) is 1.31. The summed E-state index contributed by atoms with van der Waals surface area (Å²) in [5.74, 6) is 0.735. The average Bonchev–Trinajstić information content (AvgIpc) is 2.93. The first-order valence-corrected chi connectivity index (χ1v) is 14.4. The summed E-state index contributed by atoms with van der Waals surface area (Å²) >= 11 is 0. The van der Waals surface area contributed by atoms with Crippen molar-refractivity contribution in [2.75, 3.05) is 40.3 Å². The zero-order valence-electron chi connectivity index (χ0n) is 22.0. The van der Waals surface area contributed by atoms with Crippen LogP contribution in [0.1, 0.15) is 28.8 Å². The number of hydrogen-bond acceptors (Lipinski definition) is 4. The largest absolute Gasteiger partial charge is 0.493 e. The van der Waals surface area contributed by atoms with Crippen LogP contribution in [-0.4, -0.2) is 59.0 Å². The molecule has 0 bridgehead atoms. The summed E-state index contributed by atoms with van der Waals surface area (Å²) in [6.45, 7) is 2.70. The third kappa shape index (κ3) is 7.28. The molecule has 6 nitrogen and oxygen atoms in total. The van der Waals surface area contributed by atoms with Gasteiger partial charge in [0.1, 0.15) is 5.75 Å². The summed E-state index contributed by atoms with van der Waals surface area (Å²) in [7, 11) is 0.706. The second-order valence-corrected chi connectivity index (χ2v) is 11.8. The van der Waals surface area contributed by atoms with E-state index >= 15 is 0 Å². The maximum absolute atomic E-state index is 12.9. The molecule has 0 aliphatic heterocycles. The molecule has 0 radical (unpaired) electrons. The van der Waals surface area contributed by atoms with Crippen LogP contribution in [0.5, 0.6) is 5.75 Å². The molecule has 7 heteroatoms. The number of carbonyl (C=O) groups excluding carboxylic acids is 1. The molecule has 0 aliphatic rings. The quantitative estimate of drug-likeness (QED) is 0.145. The van der Waals surface area contributed by atoms with Crippen molar-refractivity contribution in [3.05, 3.63) is 108 Å². The van der Waals surface area contributed by atoms with Crippen LogP contribution >= 0.6 is 0 Å². The molecular formula is C31H35N2O4S+. The summed E-state index contributed by atoms with van der Waals surface area (Å²) in [6.07, 6.45) is 1.59. The number of fused-ring (bicyclic) bond motifs is 1. The van der Waals surface area contributed by atoms with Crippen molar-refractivity contribution in [2.24, 2.45) is 0 Å². The predicted molar refractivity (Wildman–Crippen MR) is 152 cm³/mol. The fourth-order valence-corrected chi connectivity index (χ4v) is 5.78. The Labute approximate surface area is 225 Å². The van der Waals surface area contributed by atoms with E-state index in [1.807, 2.05) is 72.8 Å². The fourth-order valence-electron chi connectivity index (χ4n) is 4.47. The molecule has 4 aromatic carbocycles. The van der Waals surface area contributed by atoms with E-state index in [1.165, 1.54) is 0 Å². The Balaban J connectivity index is 1.18. The summed E-state index contributed by atoms with van der Waals surface area (Å²) in [6, 6.07) is 29.3. The smallest absolute Gasteiger partial charge is 0.241 e. The van der Waals surface area contributed by atoms with Gasteiger partial charge in [-0.3, -0.25) is 4.79 Å². The molecule has 0 unspecified atom stereocenters.